The van der Waals surface area contributed by atoms with Crippen molar-refractivity contribution in [1.29, 1.82) is 0 Å². The van der Waals surface area contributed by atoms with Crippen molar-refractivity contribution in [3.05, 3.63) is 0 Å². The Hall–Kier alpha value is -1.34. The summed E-state index contributed by atoms with van der Waals surface area (Å²) in [6.07, 6.45) is 4.40. The van der Waals surface area contributed by atoms with Gasteiger partial charge < -0.3 is 24.4 Å². The maximum atomic E-state index is 13.3. The monoisotopic (exact) mass is 410 g/mol. The van der Waals surface area contributed by atoms with Crippen molar-refractivity contribution in [1.82, 2.24) is 10.2 Å². The molecule has 2 amide bonds. The van der Waals surface area contributed by atoms with E-state index in [1.54, 1.807) is 4.90 Å². The van der Waals surface area contributed by atoms with Crippen molar-refractivity contribution in [2.75, 3.05) is 32.8 Å². The number of ether oxygens (including phenoxy) is 3. The summed E-state index contributed by atoms with van der Waals surface area (Å²) in [6.45, 7) is 12.6. The summed E-state index contributed by atoms with van der Waals surface area (Å²) >= 11 is 0. The van der Waals surface area contributed by atoms with Gasteiger partial charge in [-0.2, -0.15) is 0 Å². The van der Waals surface area contributed by atoms with E-state index >= 15 is 0 Å². The lowest BCUT2D eigenvalue weighted by molar-refractivity contribution is -0.154. The molecule has 0 radical (unpaired) electrons. The van der Waals surface area contributed by atoms with Crippen LogP contribution in [0.15, 0.2) is 0 Å². The summed E-state index contributed by atoms with van der Waals surface area (Å²) in [7, 11) is 0. The van der Waals surface area contributed by atoms with Gasteiger partial charge in [-0.3, -0.25) is 4.79 Å². The lowest BCUT2D eigenvalue weighted by atomic mass is 9.67. The number of hydrogen-bond donors (Lipinski definition) is 1. The Morgan fingerprint density at radius 1 is 1.24 bits per heavy atom. The molecule has 3 atom stereocenters. The first-order chi connectivity index (χ1) is 13.5. The summed E-state index contributed by atoms with van der Waals surface area (Å²) < 4.78 is 16.9. The van der Waals surface area contributed by atoms with Crippen LogP contribution in [-0.2, 0) is 19.0 Å². The standard InChI is InChI=1S/C22H38N2O5/c1-16(12-21(5)27-10-11-28-21)13-23-18(25)22-9-7-6-8-17(22)14-24(15-22)19(26)29-20(2,3)4/h16-17H,6-15H2,1-5H3,(H,23,25)/t16?,17-,22+/m0/s1. The molecule has 1 N–H and O–H groups in total. The second-order valence-corrected chi connectivity index (χ2v) is 10.3. The van der Waals surface area contributed by atoms with Gasteiger partial charge in [0.2, 0.25) is 5.91 Å². The number of hydrogen-bond acceptors (Lipinski definition) is 5. The summed E-state index contributed by atoms with van der Waals surface area (Å²) in [4.78, 5) is 27.7. The van der Waals surface area contributed by atoms with E-state index in [-0.39, 0.29) is 23.8 Å². The molecule has 1 unspecified atom stereocenters. The Morgan fingerprint density at radius 2 is 1.93 bits per heavy atom. The van der Waals surface area contributed by atoms with Crippen molar-refractivity contribution >= 4 is 12.0 Å². The minimum atomic E-state index is -0.545. The van der Waals surface area contributed by atoms with Crippen LogP contribution in [0.5, 0.6) is 0 Å². The van der Waals surface area contributed by atoms with E-state index in [1.165, 1.54) is 0 Å². The van der Waals surface area contributed by atoms with Gasteiger partial charge in [-0.15, -0.1) is 0 Å². The molecule has 0 spiro atoms. The van der Waals surface area contributed by atoms with Gasteiger partial charge in [0, 0.05) is 26.1 Å². The smallest absolute Gasteiger partial charge is 0.410 e. The van der Waals surface area contributed by atoms with E-state index < -0.39 is 16.8 Å². The van der Waals surface area contributed by atoms with Gasteiger partial charge in [0.15, 0.2) is 5.79 Å². The number of nitrogens with one attached hydrogen (secondary N) is 1. The van der Waals surface area contributed by atoms with E-state index in [0.29, 0.717) is 32.8 Å². The first kappa shape index (κ1) is 22.3. The molecule has 29 heavy (non-hydrogen) atoms. The highest BCUT2D eigenvalue weighted by Crippen LogP contribution is 2.47. The van der Waals surface area contributed by atoms with Gasteiger partial charge in [-0.25, -0.2) is 4.79 Å². The summed E-state index contributed by atoms with van der Waals surface area (Å²) in [5, 5.41) is 3.18. The molecule has 3 fully saturated rings. The largest absolute Gasteiger partial charge is 0.444 e. The fraction of sp³-hybridized carbons (Fsp3) is 0.909. The fourth-order valence-corrected chi connectivity index (χ4v) is 5.12. The minimum Gasteiger partial charge on any atom is -0.444 e. The number of amides is 2. The van der Waals surface area contributed by atoms with E-state index in [0.717, 1.165) is 32.1 Å². The van der Waals surface area contributed by atoms with E-state index in [2.05, 4.69) is 12.2 Å². The highest BCUT2D eigenvalue weighted by atomic mass is 16.7. The third kappa shape index (κ3) is 5.23. The normalized spacial score (nSPS) is 30.0. The van der Waals surface area contributed by atoms with Crippen molar-refractivity contribution in [2.45, 2.75) is 78.1 Å². The topological polar surface area (TPSA) is 77.1 Å². The number of nitrogens with zero attached hydrogens (tertiary/aromatic N) is 1. The molecule has 1 aliphatic carbocycles. The zero-order valence-electron chi connectivity index (χ0n) is 18.7. The Bertz CT molecular complexity index is 611. The van der Waals surface area contributed by atoms with Crippen LogP contribution >= 0.6 is 0 Å². The molecule has 0 bridgehead atoms. The Morgan fingerprint density at radius 3 is 2.59 bits per heavy atom. The average molecular weight is 411 g/mol. The molecule has 0 aromatic heterocycles. The zero-order valence-corrected chi connectivity index (χ0v) is 18.7. The average Bonchev–Trinajstić information content (AvgIpc) is 3.22. The van der Waals surface area contributed by atoms with Crippen LogP contribution in [0.3, 0.4) is 0 Å². The molecule has 2 saturated heterocycles. The molecular weight excluding hydrogens is 372 g/mol. The lowest BCUT2D eigenvalue weighted by Crippen LogP contribution is -2.49. The Kier molecular flexibility index (Phi) is 6.49. The number of carbonyl (C=O) groups is 2. The maximum Gasteiger partial charge on any atom is 0.410 e. The van der Waals surface area contributed by atoms with Crippen molar-refractivity contribution in [2.24, 2.45) is 17.3 Å². The molecule has 1 saturated carbocycles. The van der Waals surface area contributed by atoms with Gasteiger partial charge in [0.25, 0.3) is 0 Å². The van der Waals surface area contributed by atoms with Crippen molar-refractivity contribution < 1.29 is 23.8 Å². The first-order valence-electron chi connectivity index (χ1n) is 11.1. The number of carbonyl (C=O) groups excluding carboxylic acids is 2. The summed E-state index contributed by atoms with van der Waals surface area (Å²) in [5.74, 6) is -0.0168. The van der Waals surface area contributed by atoms with Gasteiger partial charge in [0.1, 0.15) is 5.60 Å². The molecule has 3 aliphatic rings. The maximum absolute atomic E-state index is 13.3. The molecule has 2 aliphatic heterocycles. The van der Waals surface area contributed by atoms with Gasteiger partial charge in [0.05, 0.1) is 18.6 Å². The molecule has 3 rings (SSSR count). The second-order valence-electron chi connectivity index (χ2n) is 10.3. The highest BCUT2D eigenvalue weighted by molar-refractivity contribution is 5.85. The molecule has 2 heterocycles. The number of fused-ring (bicyclic) bond motifs is 1. The second kappa shape index (κ2) is 8.42. The summed E-state index contributed by atoms with van der Waals surface area (Å²) in [5.41, 5.74) is -1.02. The van der Waals surface area contributed by atoms with Gasteiger partial charge >= 0.3 is 6.09 Å². The molecule has 7 heteroatoms. The molecule has 7 nitrogen and oxygen atoms in total. The van der Waals surface area contributed by atoms with Crippen LogP contribution in [0.25, 0.3) is 0 Å². The number of likely N-dealkylation sites (tertiary alicyclic amines) is 1. The van der Waals surface area contributed by atoms with Crippen LogP contribution in [0.4, 0.5) is 4.79 Å². The lowest BCUT2D eigenvalue weighted by Gasteiger charge is -2.37. The van der Waals surface area contributed by atoms with Crippen LogP contribution in [0.2, 0.25) is 0 Å². The van der Waals surface area contributed by atoms with Crippen molar-refractivity contribution in [3.8, 4) is 0 Å². The molecule has 0 aromatic rings. The van der Waals surface area contributed by atoms with Crippen LogP contribution < -0.4 is 5.32 Å². The molecular formula is C22H38N2O5. The van der Waals surface area contributed by atoms with Crippen molar-refractivity contribution in [3.63, 3.8) is 0 Å². The minimum absolute atomic E-state index is 0.0820. The predicted octanol–water partition coefficient (Wildman–Crippen LogP) is 3.32. The third-order valence-corrected chi connectivity index (χ3v) is 6.45. The van der Waals surface area contributed by atoms with E-state index in [4.69, 9.17) is 14.2 Å². The predicted molar refractivity (Wildman–Crippen MR) is 109 cm³/mol. The SMILES string of the molecule is CC(CNC(=O)[C@@]12CCCC[C@H]1CN(C(=O)OC(C)(C)C)C2)CC1(C)OCCO1. The van der Waals surface area contributed by atoms with Gasteiger partial charge in [-0.1, -0.05) is 19.8 Å². The zero-order chi connectivity index (χ0) is 21.3. The molecule has 0 aromatic carbocycles. The third-order valence-electron chi connectivity index (χ3n) is 6.45. The fourth-order valence-electron chi connectivity index (χ4n) is 5.12. The quantitative estimate of drug-likeness (QED) is 0.752. The number of rotatable bonds is 5. The van der Waals surface area contributed by atoms with Crippen LogP contribution in [-0.4, -0.2) is 61.1 Å². The summed E-state index contributed by atoms with van der Waals surface area (Å²) in [6, 6.07) is 0. The highest BCUT2D eigenvalue weighted by Gasteiger charge is 2.54. The van der Waals surface area contributed by atoms with E-state index in [1.807, 2.05) is 27.7 Å². The van der Waals surface area contributed by atoms with Crippen LogP contribution in [0, 0.1) is 17.3 Å². The Balaban J connectivity index is 1.60. The van der Waals surface area contributed by atoms with Crippen LogP contribution in [0.1, 0.15) is 66.7 Å². The van der Waals surface area contributed by atoms with E-state index in [9.17, 15) is 9.59 Å². The first-order valence-corrected chi connectivity index (χ1v) is 11.1. The Labute approximate surface area is 174 Å². The van der Waals surface area contributed by atoms with Gasteiger partial charge in [-0.05, 0) is 52.4 Å². The molecule has 166 valence electrons.